The van der Waals surface area contributed by atoms with E-state index in [4.69, 9.17) is 9.47 Å². The van der Waals surface area contributed by atoms with Crippen LogP contribution in [0.3, 0.4) is 0 Å². The van der Waals surface area contributed by atoms with E-state index in [2.05, 4.69) is 39.0 Å². The van der Waals surface area contributed by atoms with E-state index in [9.17, 15) is 0 Å². The van der Waals surface area contributed by atoms with Crippen molar-refractivity contribution < 1.29 is 9.47 Å². The van der Waals surface area contributed by atoms with Gasteiger partial charge in [-0.3, -0.25) is 9.88 Å². The molecule has 0 amide bonds. The fourth-order valence-electron chi connectivity index (χ4n) is 4.16. The van der Waals surface area contributed by atoms with E-state index in [1.807, 2.05) is 24.5 Å². The molecule has 5 heteroatoms. The molecule has 2 saturated heterocycles. The highest BCUT2D eigenvalue weighted by atomic mass is 16.5. The number of methoxy groups -OCH3 is 1. The highest BCUT2D eigenvalue weighted by Gasteiger charge is 2.40. The van der Waals surface area contributed by atoms with Crippen molar-refractivity contribution in [2.24, 2.45) is 0 Å². The van der Waals surface area contributed by atoms with E-state index in [-0.39, 0.29) is 5.60 Å². The maximum Gasteiger partial charge on any atom is 0.119 e. The van der Waals surface area contributed by atoms with Crippen molar-refractivity contribution in [3.63, 3.8) is 0 Å². The fraction of sp³-hybridized carbons (Fsp3) is 0.476. The molecule has 1 atom stereocenters. The molecule has 2 fully saturated rings. The zero-order valence-corrected chi connectivity index (χ0v) is 15.4. The van der Waals surface area contributed by atoms with Crippen molar-refractivity contribution in [1.82, 2.24) is 9.88 Å². The maximum atomic E-state index is 6.35. The lowest BCUT2D eigenvalue weighted by Gasteiger charge is -2.48. The zero-order chi connectivity index (χ0) is 17.8. The Labute approximate surface area is 155 Å². The van der Waals surface area contributed by atoms with Crippen LogP contribution in [0, 0.1) is 0 Å². The summed E-state index contributed by atoms with van der Waals surface area (Å²) in [4.78, 5) is 9.10. The lowest BCUT2D eigenvalue weighted by Crippen LogP contribution is -2.59. The zero-order valence-electron chi connectivity index (χ0n) is 15.4. The molecule has 0 aliphatic carbocycles. The Morgan fingerprint density at radius 1 is 1.08 bits per heavy atom. The van der Waals surface area contributed by atoms with Crippen LogP contribution in [-0.4, -0.2) is 55.4 Å². The average Bonchev–Trinajstić information content (AvgIpc) is 2.69. The van der Waals surface area contributed by atoms with Crippen LogP contribution < -0.4 is 9.64 Å². The van der Waals surface area contributed by atoms with Gasteiger partial charge in [0.15, 0.2) is 0 Å². The van der Waals surface area contributed by atoms with Gasteiger partial charge in [0.2, 0.25) is 0 Å². The number of rotatable bonds is 4. The van der Waals surface area contributed by atoms with Crippen LogP contribution in [-0.2, 0) is 11.3 Å². The molecule has 0 saturated carbocycles. The molecule has 4 rings (SSSR count). The first-order valence-electron chi connectivity index (χ1n) is 9.41. The molecular formula is C21H27N3O2. The van der Waals surface area contributed by atoms with Crippen molar-refractivity contribution in [3.8, 4) is 5.75 Å². The number of benzene rings is 1. The van der Waals surface area contributed by atoms with Gasteiger partial charge in [-0.1, -0.05) is 0 Å². The maximum absolute atomic E-state index is 6.35. The summed E-state index contributed by atoms with van der Waals surface area (Å²) in [6.45, 7) is 5.79. The van der Waals surface area contributed by atoms with Gasteiger partial charge in [-0.05, 0) is 54.8 Å². The molecule has 1 aromatic carbocycles. The van der Waals surface area contributed by atoms with Gasteiger partial charge in [0.25, 0.3) is 0 Å². The van der Waals surface area contributed by atoms with E-state index >= 15 is 0 Å². The van der Waals surface area contributed by atoms with Gasteiger partial charge in [0.1, 0.15) is 5.75 Å². The molecule has 0 bridgehead atoms. The van der Waals surface area contributed by atoms with Crippen LogP contribution in [0.1, 0.15) is 18.4 Å². The average molecular weight is 353 g/mol. The molecule has 2 aliphatic heterocycles. The standard InChI is InChI=1S/C21H27N3O2/c1-25-20-5-3-19(4-6-20)24-12-2-9-21(17-24)16-23(13-14-26-21)15-18-7-10-22-11-8-18/h3-8,10-11H,2,9,12-17H2,1H3/t21-/m0/s1. The number of anilines is 1. The second kappa shape index (κ2) is 7.64. The quantitative estimate of drug-likeness (QED) is 0.845. The minimum absolute atomic E-state index is 0.0660. The Morgan fingerprint density at radius 3 is 2.65 bits per heavy atom. The number of ether oxygens (including phenoxy) is 2. The second-order valence-corrected chi connectivity index (χ2v) is 7.32. The first-order valence-corrected chi connectivity index (χ1v) is 9.41. The second-order valence-electron chi connectivity index (χ2n) is 7.32. The van der Waals surface area contributed by atoms with E-state index in [1.54, 1.807) is 7.11 Å². The first-order chi connectivity index (χ1) is 12.8. The van der Waals surface area contributed by atoms with Gasteiger partial charge in [-0.25, -0.2) is 0 Å². The number of piperidine rings is 1. The molecule has 2 aromatic rings. The number of hydrogen-bond acceptors (Lipinski definition) is 5. The molecule has 0 radical (unpaired) electrons. The molecular weight excluding hydrogens is 326 g/mol. The summed E-state index contributed by atoms with van der Waals surface area (Å²) in [5.74, 6) is 0.901. The van der Waals surface area contributed by atoms with Crippen LogP contribution in [0.4, 0.5) is 5.69 Å². The Hall–Kier alpha value is -2.11. The van der Waals surface area contributed by atoms with E-state index in [0.29, 0.717) is 0 Å². The monoisotopic (exact) mass is 353 g/mol. The summed E-state index contributed by atoms with van der Waals surface area (Å²) in [5.41, 5.74) is 2.50. The summed E-state index contributed by atoms with van der Waals surface area (Å²) in [5, 5.41) is 0. The Kier molecular flexibility index (Phi) is 5.09. The van der Waals surface area contributed by atoms with E-state index in [0.717, 1.165) is 57.9 Å². The lowest BCUT2D eigenvalue weighted by atomic mass is 9.90. The molecule has 3 heterocycles. The number of aromatic nitrogens is 1. The van der Waals surface area contributed by atoms with Crippen LogP contribution in [0.5, 0.6) is 5.75 Å². The smallest absolute Gasteiger partial charge is 0.119 e. The number of hydrogen-bond donors (Lipinski definition) is 0. The van der Waals surface area contributed by atoms with Gasteiger partial charge >= 0.3 is 0 Å². The number of morpholine rings is 1. The van der Waals surface area contributed by atoms with Gasteiger partial charge in [-0.15, -0.1) is 0 Å². The van der Waals surface area contributed by atoms with Crippen LogP contribution >= 0.6 is 0 Å². The first kappa shape index (κ1) is 17.3. The van der Waals surface area contributed by atoms with Gasteiger partial charge in [0, 0.05) is 50.8 Å². The van der Waals surface area contributed by atoms with E-state index < -0.39 is 0 Å². The summed E-state index contributed by atoms with van der Waals surface area (Å²) in [7, 11) is 1.71. The summed E-state index contributed by atoms with van der Waals surface area (Å²) >= 11 is 0. The number of pyridine rings is 1. The molecule has 1 spiro atoms. The fourth-order valence-corrected chi connectivity index (χ4v) is 4.16. The molecule has 0 unspecified atom stereocenters. The van der Waals surface area contributed by atoms with Crippen molar-refractivity contribution in [2.75, 3.05) is 44.8 Å². The SMILES string of the molecule is COc1ccc(N2CCC[C@]3(CN(Cc4ccncc4)CCO3)C2)cc1. The van der Waals surface area contributed by atoms with Gasteiger partial charge in [-0.2, -0.15) is 0 Å². The Bertz CT molecular complexity index is 703. The van der Waals surface area contributed by atoms with Crippen LogP contribution in [0.25, 0.3) is 0 Å². The van der Waals surface area contributed by atoms with Crippen LogP contribution in [0.2, 0.25) is 0 Å². The van der Waals surface area contributed by atoms with E-state index in [1.165, 1.54) is 11.3 Å². The third-order valence-corrected chi connectivity index (χ3v) is 5.46. The van der Waals surface area contributed by atoms with Crippen molar-refractivity contribution in [3.05, 3.63) is 54.4 Å². The third kappa shape index (κ3) is 3.84. The minimum Gasteiger partial charge on any atom is -0.497 e. The van der Waals surface area contributed by atoms with Crippen molar-refractivity contribution in [1.29, 1.82) is 0 Å². The summed E-state index contributed by atoms with van der Waals surface area (Å²) < 4.78 is 11.6. The van der Waals surface area contributed by atoms with Gasteiger partial charge in [0.05, 0.1) is 19.3 Å². The van der Waals surface area contributed by atoms with Crippen LogP contribution in [0.15, 0.2) is 48.8 Å². The molecule has 2 aliphatic rings. The van der Waals surface area contributed by atoms with Crippen molar-refractivity contribution >= 4 is 5.69 Å². The lowest BCUT2D eigenvalue weighted by molar-refractivity contribution is -0.116. The predicted octanol–water partition coefficient (Wildman–Crippen LogP) is 2.96. The minimum atomic E-state index is -0.0660. The Morgan fingerprint density at radius 2 is 1.88 bits per heavy atom. The third-order valence-electron chi connectivity index (χ3n) is 5.46. The highest BCUT2D eigenvalue weighted by Crippen LogP contribution is 2.32. The molecule has 0 N–H and O–H groups in total. The number of nitrogens with zero attached hydrogens (tertiary/aromatic N) is 3. The predicted molar refractivity (Wildman–Crippen MR) is 103 cm³/mol. The van der Waals surface area contributed by atoms with Crippen molar-refractivity contribution in [2.45, 2.75) is 25.0 Å². The molecule has 1 aromatic heterocycles. The summed E-state index contributed by atoms with van der Waals surface area (Å²) in [6, 6.07) is 12.6. The van der Waals surface area contributed by atoms with Gasteiger partial charge < -0.3 is 14.4 Å². The molecule has 5 nitrogen and oxygen atoms in total. The largest absolute Gasteiger partial charge is 0.497 e. The summed E-state index contributed by atoms with van der Waals surface area (Å²) in [6.07, 6.45) is 6.04. The topological polar surface area (TPSA) is 37.8 Å². The molecule has 138 valence electrons. The highest BCUT2D eigenvalue weighted by molar-refractivity contribution is 5.50. The molecule has 26 heavy (non-hydrogen) atoms. The normalized spacial score (nSPS) is 24.0. The Balaban J connectivity index is 1.44.